The number of hydrogen-bond acceptors (Lipinski definition) is 6. The number of thiazole rings is 1. The lowest BCUT2D eigenvalue weighted by Gasteiger charge is -2.18. The fourth-order valence-corrected chi connectivity index (χ4v) is 4.22. The van der Waals surface area contributed by atoms with Crippen LogP contribution in [0.1, 0.15) is 26.3 Å². The summed E-state index contributed by atoms with van der Waals surface area (Å²) in [5, 5.41) is 6.47. The average molecular weight is 436 g/mol. The Kier molecular flexibility index (Phi) is 5.65. The van der Waals surface area contributed by atoms with E-state index in [-0.39, 0.29) is 0 Å². The first-order valence-electron chi connectivity index (χ1n) is 9.98. The zero-order chi connectivity index (χ0) is 22.0. The van der Waals surface area contributed by atoms with Gasteiger partial charge in [0, 0.05) is 37.2 Å². The molecular weight excluding hydrogens is 410 g/mol. The van der Waals surface area contributed by atoms with Crippen molar-refractivity contribution in [2.24, 2.45) is 0 Å². The summed E-state index contributed by atoms with van der Waals surface area (Å²) >= 11 is 1.43. The Balaban J connectivity index is 1.76. The number of aromatic nitrogens is 3. The number of anilines is 2. The molecule has 4 rings (SSSR count). The predicted octanol–water partition coefficient (Wildman–Crippen LogP) is 5.60. The Bertz CT molecular complexity index is 1210. The highest BCUT2D eigenvalue weighted by Gasteiger charge is 2.19. The zero-order valence-corrected chi connectivity index (χ0v) is 18.8. The Morgan fingerprint density at radius 1 is 1.23 bits per heavy atom. The Hall–Kier alpha value is -3.39. The summed E-state index contributed by atoms with van der Waals surface area (Å²) in [6.07, 6.45) is 5.00. The van der Waals surface area contributed by atoms with E-state index in [0.717, 1.165) is 32.6 Å². The number of rotatable bonds is 5. The van der Waals surface area contributed by atoms with Gasteiger partial charge >= 0.3 is 6.09 Å². The largest absolute Gasteiger partial charge is 0.444 e. The summed E-state index contributed by atoms with van der Waals surface area (Å²) in [6, 6.07) is 12.5. The third kappa shape index (κ3) is 5.03. The average Bonchev–Trinajstić information content (AvgIpc) is 3.35. The van der Waals surface area contributed by atoms with E-state index in [1.165, 1.54) is 11.3 Å². The van der Waals surface area contributed by atoms with Gasteiger partial charge in [0.05, 0.1) is 16.5 Å². The van der Waals surface area contributed by atoms with Gasteiger partial charge in [-0.25, -0.2) is 14.8 Å². The Morgan fingerprint density at radius 2 is 2.06 bits per heavy atom. The van der Waals surface area contributed by atoms with E-state index in [9.17, 15) is 4.79 Å². The van der Waals surface area contributed by atoms with Gasteiger partial charge in [-0.2, -0.15) is 0 Å². The van der Waals surface area contributed by atoms with Gasteiger partial charge in [-0.15, -0.1) is 0 Å². The number of carbonyl (C=O) groups is 1. The molecule has 0 spiro atoms. The summed E-state index contributed by atoms with van der Waals surface area (Å²) in [6.45, 7) is 6.20. The highest BCUT2D eigenvalue weighted by molar-refractivity contribution is 7.22. The number of carbonyl (C=O) groups excluding carboxylic acids is 1. The monoisotopic (exact) mass is 435 g/mol. The molecule has 0 saturated carbocycles. The van der Waals surface area contributed by atoms with E-state index in [1.807, 2.05) is 50.7 Å². The summed E-state index contributed by atoms with van der Waals surface area (Å²) in [5.74, 6) is 0. The van der Waals surface area contributed by atoms with Crippen LogP contribution >= 0.6 is 11.3 Å². The lowest BCUT2D eigenvalue weighted by Crippen LogP contribution is -2.27. The molecule has 7 nitrogen and oxygen atoms in total. The van der Waals surface area contributed by atoms with Crippen molar-refractivity contribution in [3.8, 4) is 11.1 Å². The lowest BCUT2D eigenvalue weighted by atomic mass is 10.0. The molecule has 0 atom stereocenters. The van der Waals surface area contributed by atoms with Crippen LogP contribution in [0.3, 0.4) is 0 Å². The van der Waals surface area contributed by atoms with Gasteiger partial charge in [0.25, 0.3) is 0 Å². The van der Waals surface area contributed by atoms with Gasteiger partial charge in [0.15, 0.2) is 5.13 Å². The van der Waals surface area contributed by atoms with Crippen molar-refractivity contribution >= 4 is 38.5 Å². The molecule has 0 fully saturated rings. The maximum absolute atomic E-state index is 12.2. The van der Waals surface area contributed by atoms with Gasteiger partial charge in [-0.3, -0.25) is 5.32 Å². The fraction of sp³-hybridized carbons (Fsp3) is 0.261. The first kappa shape index (κ1) is 20.9. The topological polar surface area (TPSA) is 81.1 Å². The molecule has 8 heteroatoms. The highest BCUT2D eigenvalue weighted by atomic mass is 32.1. The molecule has 0 aliphatic rings. The van der Waals surface area contributed by atoms with Crippen LogP contribution in [0.15, 0.2) is 55.1 Å². The molecule has 0 unspecified atom stereocenters. The summed E-state index contributed by atoms with van der Waals surface area (Å²) in [4.78, 5) is 21.1. The molecule has 4 aromatic rings. The van der Waals surface area contributed by atoms with Crippen LogP contribution in [0, 0.1) is 0 Å². The second-order valence-electron chi connectivity index (χ2n) is 8.20. The van der Waals surface area contributed by atoms with Gasteiger partial charge in [-0.05, 0) is 56.2 Å². The minimum absolute atomic E-state index is 0.509. The smallest absolute Gasteiger partial charge is 0.413 e. The second kappa shape index (κ2) is 8.39. The highest BCUT2D eigenvalue weighted by Crippen LogP contribution is 2.36. The van der Waals surface area contributed by atoms with Crippen molar-refractivity contribution in [1.29, 1.82) is 0 Å². The summed E-state index contributed by atoms with van der Waals surface area (Å²) in [5.41, 5.74) is 4.49. The molecule has 2 aromatic heterocycles. The van der Waals surface area contributed by atoms with Gasteiger partial charge in [0.1, 0.15) is 5.60 Å². The number of benzene rings is 2. The minimum atomic E-state index is -0.572. The molecule has 0 saturated heterocycles. The first-order chi connectivity index (χ1) is 14.8. The van der Waals surface area contributed by atoms with Crippen LogP contribution in [-0.2, 0) is 11.3 Å². The molecule has 2 aromatic carbocycles. The van der Waals surface area contributed by atoms with Crippen LogP contribution in [-0.4, -0.2) is 33.3 Å². The number of hydrogen-bond donors (Lipinski definition) is 2. The Morgan fingerprint density at radius 3 is 2.77 bits per heavy atom. The maximum Gasteiger partial charge on any atom is 0.413 e. The molecule has 1 amide bonds. The molecule has 0 aliphatic heterocycles. The van der Waals surface area contributed by atoms with Crippen molar-refractivity contribution in [1.82, 2.24) is 14.5 Å². The van der Waals surface area contributed by atoms with Crippen LogP contribution in [0.25, 0.3) is 21.3 Å². The van der Waals surface area contributed by atoms with Crippen LogP contribution in [0.4, 0.5) is 15.6 Å². The van der Waals surface area contributed by atoms with Gasteiger partial charge in [-0.1, -0.05) is 23.5 Å². The molecule has 2 heterocycles. The zero-order valence-electron chi connectivity index (χ0n) is 18.0. The number of nitrogens with zero attached hydrogens (tertiary/aromatic N) is 3. The van der Waals surface area contributed by atoms with Crippen molar-refractivity contribution in [2.45, 2.75) is 32.9 Å². The van der Waals surface area contributed by atoms with Crippen LogP contribution < -0.4 is 10.6 Å². The maximum atomic E-state index is 12.2. The van der Waals surface area contributed by atoms with E-state index in [2.05, 4.69) is 39.9 Å². The van der Waals surface area contributed by atoms with Crippen molar-refractivity contribution in [3.63, 3.8) is 0 Å². The molecule has 31 heavy (non-hydrogen) atoms. The predicted molar refractivity (Wildman–Crippen MR) is 126 cm³/mol. The van der Waals surface area contributed by atoms with E-state index in [0.29, 0.717) is 11.7 Å². The molecule has 0 aliphatic carbocycles. The van der Waals surface area contributed by atoms with E-state index < -0.39 is 11.7 Å². The van der Waals surface area contributed by atoms with Crippen molar-refractivity contribution in [2.75, 3.05) is 17.7 Å². The van der Waals surface area contributed by atoms with Gasteiger partial charge in [0.2, 0.25) is 0 Å². The van der Waals surface area contributed by atoms with E-state index >= 15 is 0 Å². The quantitative estimate of drug-likeness (QED) is 0.427. The fourth-order valence-electron chi connectivity index (χ4n) is 3.28. The molecule has 0 radical (unpaired) electrons. The Labute approximate surface area is 185 Å². The normalized spacial score (nSPS) is 11.5. The third-order valence-corrected chi connectivity index (χ3v) is 5.47. The third-order valence-electron chi connectivity index (χ3n) is 4.55. The lowest BCUT2D eigenvalue weighted by molar-refractivity contribution is 0.0636. The second-order valence-corrected chi connectivity index (χ2v) is 9.23. The van der Waals surface area contributed by atoms with Gasteiger partial charge < -0.3 is 14.6 Å². The molecule has 0 bridgehead atoms. The number of ether oxygens (including phenoxy) is 1. The van der Waals surface area contributed by atoms with E-state index in [4.69, 9.17) is 9.72 Å². The van der Waals surface area contributed by atoms with Crippen molar-refractivity contribution < 1.29 is 9.53 Å². The number of amides is 1. The van der Waals surface area contributed by atoms with E-state index in [1.54, 1.807) is 12.5 Å². The summed E-state index contributed by atoms with van der Waals surface area (Å²) < 4.78 is 8.39. The molecule has 2 N–H and O–H groups in total. The number of fused-ring (bicyclic) bond motifs is 1. The first-order valence-corrected chi connectivity index (χ1v) is 10.8. The SMILES string of the molecule is CNc1cccc(-c2cc(Cn3ccnc3)cc3sc(NC(=O)OC(C)(C)C)nc23)c1. The minimum Gasteiger partial charge on any atom is -0.444 e. The summed E-state index contributed by atoms with van der Waals surface area (Å²) in [7, 11) is 1.90. The van der Waals surface area contributed by atoms with Crippen LogP contribution in [0.5, 0.6) is 0 Å². The molecule has 160 valence electrons. The van der Waals surface area contributed by atoms with Crippen molar-refractivity contribution in [3.05, 3.63) is 60.7 Å². The molecular formula is C23H25N5O2S. The van der Waals surface area contributed by atoms with Crippen LogP contribution in [0.2, 0.25) is 0 Å². The standard InChI is InChI=1S/C23H25N5O2S/c1-23(2,3)30-22(29)27-21-26-20-18(16-6-5-7-17(12-16)24-4)10-15(11-19(20)31-21)13-28-9-8-25-14-28/h5-12,14,24H,13H2,1-4H3,(H,26,27,29). The number of nitrogens with one attached hydrogen (secondary N) is 2. The number of imidazole rings is 1.